The molecule has 0 aliphatic carbocycles. The van der Waals surface area contributed by atoms with Crippen LogP contribution in [0.15, 0.2) is 75.2 Å². The molecule has 11 heteroatoms. The summed E-state index contributed by atoms with van der Waals surface area (Å²) in [4.78, 5) is 28.7. The van der Waals surface area contributed by atoms with E-state index in [9.17, 15) is 18.0 Å². The number of hydrogen-bond acceptors (Lipinski definition) is 8. The molecule has 0 aliphatic heterocycles. The maximum Gasteiger partial charge on any atom is 0.344 e. The fraction of sp³-hybridized carbons (Fsp3) is 0.174. The standard InChI is InChI=1S/C23H21N3O6S2/c1-16-5-3-11-26-20(27)13-17(24-23(16)26)14-32-21(28)15-31-19-9-7-18(8-10-19)25(2)34(29,30)22-6-4-12-33-22/h3-13H,14-15H2,1-2H3. The van der Waals surface area contributed by atoms with E-state index >= 15 is 0 Å². The van der Waals surface area contributed by atoms with Crippen LogP contribution in [0.2, 0.25) is 0 Å². The molecule has 0 aliphatic rings. The van der Waals surface area contributed by atoms with Gasteiger partial charge in [0.05, 0.1) is 11.4 Å². The fourth-order valence-corrected chi connectivity index (χ4v) is 5.51. The number of pyridine rings is 1. The van der Waals surface area contributed by atoms with Gasteiger partial charge >= 0.3 is 5.97 Å². The zero-order valence-corrected chi connectivity index (χ0v) is 20.0. The Morgan fingerprint density at radius 1 is 1.15 bits per heavy atom. The normalized spacial score (nSPS) is 11.4. The van der Waals surface area contributed by atoms with E-state index < -0.39 is 16.0 Å². The Kier molecular flexibility index (Phi) is 6.66. The van der Waals surface area contributed by atoms with Gasteiger partial charge in [0.25, 0.3) is 15.6 Å². The highest BCUT2D eigenvalue weighted by Crippen LogP contribution is 2.26. The van der Waals surface area contributed by atoms with Gasteiger partial charge in [-0.2, -0.15) is 0 Å². The van der Waals surface area contributed by atoms with Crippen LogP contribution in [0.4, 0.5) is 5.69 Å². The van der Waals surface area contributed by atoms with Crippen molar-refractivity contribution in [1.82, 2.24) is 9.38 Å². The maximum atomic E-state index is 12.6. The first-order valence-electron chi connectivity index (χ1n) is 10.1. The van der Waals surface area contributed by atoms with Crippen LogP contribution >= 0.6 is 11.3 Å². The summed E-state index contributed by atoms with van der Waals surface area (Å²) in [5.41, 5.74) is 1.86. The van der Waals surface area contributed by atoms with Gasteiger partial charge < -0.3 is 9.47 Å². The van der Waals surface area contributed by atoms with E-state index in [1.54, 1.807) is 54.0 Å². The van der Waals surface area contributed by atoms with Crippen LogP contribution in [0.1, 0.15) is 11.3 Å². The zero-order valence-electron chi connectivity index (χ0n) is 18.4. The van der Waals surface area contributed by atoms with Crippen molar-refractivity contribution in [3.63, 3.8) is 0 Å². The third-order valence-electron chi connectivity index (χ3n) is 4.99. The molecule has 3 heterocycles. The number of benzene rings is 1. The van der Waals surface area contributed by atoms with Crippen LogP contribution in [0.5, 0.6) is 5.75 Å². The number of esters is 1. The minimum Gasteiger partial charge on any atom is -0.482 e. The number of sulfonamides is 1. The number of ether oxygens (including phenoxy) is 2. The number of nitrogens with zero attached hydrogens (tertiary/aromatic N) is 3. The maximum absolute atomic E-state index is 12.6. The third-order valence-corrected chi connectivity index (χ3v) is 8.15. The molecule has 4 aromatic rings. The average Bonchev–Trinajstić information content (AvgIpc) is 3.38. The largest absolute Gasteiger partial charge is 0.482 e. The summed E-state index contributed by atoms with van der Waals surface area (Å²) in [5, 5.41) is 1.70. The van der Waals surface area contributed by atoms with Crippen molar-refractivity contribution in [2.45, 2.75) is 17.7 Å². The molecule has 9 nitrogen and oxygen atoms in total. The Morgan fingerprint density at radius 2 is 1.91 bits per heavy atom. The predicted molar refractivity (Wildman–Crippen MR) is 128 cm³/mol. The molecule has 3 aromatic heterocycles. The summed E-state index contributed by atoms with van der Waals surface area (Å²) >= 11 is 1.14. The fourth-order valence-electron chi connectivity index (χ4n) is 3.16. The van der Waals surface area contributed by atoms with Crippen molar-refractivity contribution in [3.05, 3.63) is 87.8 Å². The number of aromatic nitrogens is 2. The van der Waals surface area contributed by atoms with Gasteiger partial charge in [-0.15, -0.1) is 11.3 Å². The molecule has 176 valence electrons. The van der Waals surface area contributed by atoms with Crippen LogP contribution in [-0.4, -0.2) is 37.4 Å². The van der Waals surface area contributed by atoms with Gasteiger partial charge in [0, 0.05) is 19.3 Å². The number of thiophene rings is 1. The minimum atomic E-state index is -3.63. The summed E-state index contributed by atoms with van der Waals surface area (Å²) < 4.78 is 38.7. The van der Waals surface area contributed by atoms with E-state index in [0.717, 1.165) is 16.9 Å². The number of carbonyl (C=O) groups is 1. The smallest absolute Gasteiger partial charge is 0.344 e. The number of anilines is 1. The lowest BCUT2D eigenvalue weighted by Gasteiger charge is -2.18. The summed E-state index contributed by atoms with van der Waals surface area (Å²) in [6, 6.07) is 14.4. The number of fused-ring (bicyclic) bond motifs is 1. The molecule has 34 heavy (non-hydrogen) atoms. The zero-order chi connectivity index (χ0) is 24.3. The molecule has 0 N–H and O–H groups in total. The molecule has 0 fully saturated rings. The molecule has 0 radical (unpaired) electrons. The number of aryl methyl sites for hydroxylation is 1. The van der Waals surface area contributed by atoms with Crippen molar-refractivity contribution in [2.75, 3.05) is 18.0 Å². The molecule has 4 rings (SSSR count). The van der Waals surface area contributed by atoms with E-state index in [0.29, 0.717) is 22.8 Å². The molecular weight excluding hydrogens is 478 g/mol. The van der Waals surface area contributed by atoms with Crippen LogP contribution in [0.3, 0.4) is 0 Å². The monoisotopic (exact) mass is 499 g/mol. The second-order valence-corrected chi connectivity index (χ2v) is 10.5. The van der Waals surface area contributed by atoms with Crippen molar-refractivity contribution < 1.29 is 22.7 Å². The number of hydrogen-bond donors (Lipinski definition) is 0. The lowest BCUT2D eigenvalue weighted by molar-refractivity contribution is -0.147. The van der Waals surface area contributed by atoms with E-state index in [1.807, 2.05) is 13.0 Å². The highest BCUT2D eigenvalue weighted by atomic mass is 32.2. The molecule has 0 saturated heterocycles. The molecule has 0 unspecified atom stereocenters. The topological polar surface area (TPSA) is 107 Å². The minimum absolute atomic E-state index is 0.160. The second-order valence-electron chi connectivity index (χ2n) is 7.32. The summed E-state index contributed by atoms with van der Waals surface area (Å²) in [5.74, 6) is -0.256. The number of carbonyl (C=O) groups excluding carboxylic acids is 1. The highest BCUT2D eigenvalue weighted by molar-refractivity contribution is 7.94. The molecule has 1 aromatic carbocycles. The molecular formula is C23H21N3O6S2. The Bertz CT molecular complexity index is 1480. The second kappa shape index (κ2) is 9.65. The van der Waals surface area contributed by atoms with E-state index in [1.165, 1.54) is 21.8 Å². The van der Waals surface area contributed by atoms with Gasteiger partial charge in [0.2, 0.25) is 0 Å². The van der Waals surface area contributed by atoms with Crippen molar-refractivity contribution >= 4 is 38.7 Å². The molecule has 0 atom stereocenters. The van der Waals surface area contributed by atoms with Gasteiger partial charge in [-0.3, -0.25) is 13.5 Å². The Morgan fingerprint density at radius 3 is 2.62 bits per heavy atom. The lowest BCUT2D eigenvalue weighted by atomic mass is 10.3. The lowest BCUT2D eigenvalue weighted by Crippen LogP contribution is -2.25. The summed E-state index contributed by atoms with van der Waals surface area (Å²) in [6.45, 7) is 1.33. The molecule has 0 spiro atoms. The van der Waals surface area contributed by atoms with Gasteiger partial charge in [-0.25, -0.2) is 18.2 Å². The Labute approximate surface area is 199 Å². The van der Waals surface area contributed by atoms with Crippen molar-refractivity contribution in [1.29, 1.82) is 0 Å². The first-order chi connectivity index (χ1) is 16.3. The van der Waals surface area contributed by atoms with Crippen molar-refractivity contribution in [2.24, 2.45) is 0 Å². The van der Waals surface area contributed by atoms with E-state index in [2.05, 4.69) is 4.98 Å². The van der Waals surface area contributed by atoms with E-state index in [4.69, 9.17) is 9.47 Å². The molecule has 0 saturated carbocycles. The van der Waals surface area contributed by atoms with Gasteiger partial charge in [-0.1, -0.05) is 12.1 Å². The van der Waals surface area contributed by atoms with Crippen LogP contribution in [0, 0.1) is 6.92 Å². The summed E-state index contributed by atoms with van der Waals surface area (Å²) in [6.07, 6.45) is 1.63. The summed E-state index contributed by atoms with van der Waals surface area (Å²) in [7, 11) is -2.16. The number of rotatable bonds is 8. The van der Waals surface area contributed by atoms with Crippen molar-refractivity contribution in [3.8, 4) is 5.75 Å². The highest BCUT2D eigenvalue weighted by Gasteiger charge is 2.22. The first-order valence-corrected chi connectivity index (χ1v) is 12.5. The van der Waals surface area contributed by atoms with Gasteiger partial charge in [0.15, 0.2) is 6.61 Å². The predicted octanol–water partition coefficient (Wildman–Crippen LogP) is 3.01. The Hall–Kier alpha value is -3.70. The quantitative estimate of drug-likeness (QED) is 0.343. The van der Waals surface area contributed by atoms with Crippen LogP contribution in [-0.2, 0) is 26.2 Å². The molecule has 0 amide bonds. The van der Waals surface area contributed by atoms with Crippen LogP contribution < -0.4 is 14.6 Å². The SMILES string of the molecule is Cc1cccn2c(=O)cc(COC(=O)COc3ccc(N(C)S(=O)(=O)c4cccs4)cc3)nc12. The average molecular weight is 500 g/mol. The molecule has 0 bridgehead atoms. The first kappa shape index (κ1) is 23.5. The van der Waals surface area contributed by atoms with Gasteiger partial charge in [0.1, 0.15) is 22.2 Å². The van der Waals surface area contributed by atoms with E-state index in [-0.39, 0.29) is 23.0 Å². The van der Waals surface area contributed by atoms with Gasteiger partial charge in [-0.05, 0) is 54.3 Å². The van der Waals surface area contributed by atoms with Crippen LogP contribution in [0.25, 0.3) is 5.65 Å². The third kappa shape index (κ3) is 4.95. The Balaban J connectivity index is 1.33.